The van der Waals surface area contributed by atoms with E-state index in [1.54, 1.807) is 12.1 Å². The minimum absolute atomic E-state index is 0.173. The van der Waals surface area contributed by atoms with Gasteiger partial charge in [-0.1, -0.05) is 18.2 Å². The number of hydrogen-bond donors (Lipinski definition) is 0. The van der Waals surface area contributed by atoms with Gasteiger partial charge in [0.1, 0.15) is 5.82 Å². The first-order valence-corrected chi connectivity index (χ1v) is 11.4. The summed E-state index contributed by atoms with van der Waals surface area (Å²) >= 11 is 0. The summed E-state index contributed by atoms with van der Waals surface area (Å²) in [4.78, 5) is 26.4. The lowest BCUT2D eigenvalue weighted by atomic mass is 9.97. The van der Waals surface area contributed by atoms with Crippen LogP contribution in [0.5, 0.6) is 0 Å². The SMILES string of the molecule is COC(=O)CC1c2ccccc2N=C(N2CCN(CCN(C)C)CC2)N1c1ccc(F)cc1. The lowest BCUT2D eigenvalue weighted by molar-refractivity contribution is -0.141. The van der Waals surface area contributed by atoms with Crippen molar-refractivity contribution < 1.29 is 13.9 Å². The van der Waals surface area contributed by atoms with Crippen LogP contribution in [0, 0.1) is 5.82 Å². The molecule has 33 heavy (non-hydrogen) atoms. The predicted molar refractivity (Wildman–Crippen MR) is 128 cm³/mol. The number of ether oxygens (including phenoxy) is 1. The summed E-state index contributed by atoms with van der Waals surface area (Å²) in [6.45, 7) is 5.59. The molecule has 1 fully saturated rings. The highest BCUT2D eigenvalue weighted by atomic mass is 19.1. The predicted octanol–water partition coefficient (Wildman–Crippen LogP) is 3.12. The number of anilines is 1. The van der Waals surface area contributed by atoms with Gasteiger partial charge < -0.3 is 19.4 Å². The number of carbonyl (C=O) groups excluding carboxylic acids is 1. The van der Waals surface area contributed by atoms with Crippen LogP contribution >= 0.6 is 0 Å². The first-order chi connectivity index (χ1) is 16.0. The quantitative estimate of drug-likeness (QED) is 0.627. The summed E-state index contributed by atoms with van der Waals surface area (Å²) in [7, 11) is 5.58. The second-order valence-electron chi connectivity index (χ2n) is 8.75. The highest BCUT2D eigenvalue weighted by Crippen LogP contribution is 2.40. The number of piperazine rings is 1. The number of aliphatic imine (C=N–C) groups is 1. The zero-order valence-corrected chi connectivity index (χ0v) is 19.6. The second kappa shape index (κ2) is 10.3. The molecule has 2 aliphatic rings. The molecule has 8 heteroatoms. The first-order valence-electron chi connectivity index (χ1n) is 11.4. The van der Waals surface area contributed by atoms with Crippen molar-refractivity contribution in [3.8, 4) is 0 Å². The Labute approximate surface area is 195 Å². The summed E-state index contributed by atoms with van der Waals surface area (Å²) in [5, 5.41) is 0. The highest BCUT2D eigenvalue weighted by molar-refractivity contribution is 6.01. The Morgan fingerprint density at radius 3 is 2.45 bits per heavy atom. The number of nitrogens with zero attached hydrogens (tertiary/aromatic N) is 5. The number of fused-ring (bicyclic) bond motifs is 1. The van der Waals surface area contributed by atoms with Crippen LogP contribution in [-0.2, 0) is 9.53 Å². The summed E-state index contributed by atoms with van der Waals surface area (Å²) < 4.78 is 18.8. The number of methoxy groups -OCH3 is 1. The maximum Gasteiger partial charge on any atom is 0.307 e. The minimum atomic E-state index is -0.298. The fourth-order valence-electron chi connectivity index (χ4n) is 4.39. The van der Waals surface area contributed by atoms with Crippen molar-refractivity contribution in [2.75, 3.05) is 65.4 Å². The number of guanidine groups is 1. The number of para-hydroxylation sites is 1. The summed E-state index contributed by atoms with van der Waals surface area (Å²) in [5.41, 5.74) is 2.61. The Hall–Kier alpha value is -2.97. The average molecular weight is 454 g/mol. The molecule has 2 aliphatic heterocycles. The monoisotopic (exact) mass is 453 g/mol. The molecule has 7 nitrogen and oxygen atoms in total. The highest BCUT2D eigenvalue weighted by Gasteiger charge is 2.36. The van der Waals surface area contributed by atoms with Gasteiger partial charge in [0.25, 0.3) is 0 Å². The molecule has 1 saturated heterocycles. The van der Waals surface area contributed by atoms with Crippen LogP contribution in [0.4, 0.5) is 15.8 Å². The molecule has 0 aliphatic carbocycles. The molecule has 0 spiro atoms. The van der Waals surface area contributed by atoms with Crippen molar-refractivity contribution in [2.24, 2.45) is 4.99 Å². The number of hydrogen-bond acceptors (Lipinski definition) is 7. The topological polar surface area (TPSA) is 51.6 Å². The van der Waals surface area contributed by atoms with Gasteiger partial charge in [-0.2, -0.15) is 0 Å². The zero-order valence-electron chi connectivity index (χ0n) is 19.6. The van der Waals surface area contributed by atoms with E-state index in [0.29, 0.717) is 0 Å². The summed E-state index contributed by atoms with van der Waals surface area (Å²) in [5.74, 6) is 0.201. The third kappa shape index (κ3) is 5.34. The van der Waals surface area contributed by atoms with Crippen LogP contribution < -0.4 is 4.90 Å². The van der Waals surface area contributed by atoms with E-state index >= 15 is 0 Å². The lowest BCUT2D eigenvalue weighted by Gasteiger charge is -2.44. The number of carbonyl (C=O) groups is 1. The second-order valence-corrected chi connectivity index (χ2v) is 8.75. The van der Waals surface area contributed by atoms with Crippen molar-refractivity contribution in [1.29, 1.82) is 0 Å². The van der Waals surface area contributed by atoms with E-state index in [1.807, 2.05) is 24.3 Å². The van der Waals surface area contributed by atoms with Crippen molar-refractivity contribution in [2.45, 2.75) is 12.5 Å². The van der Waals surface area contributed by atoms with Gasteiger partial charge in [-0.3, -0.25) is 9.69 Å². The van der Waals surface area contributed by atoms with Crippen molar-refractivity contribution in [3.05, 3.63) is 59.9 Å². The smallest absolute Gasteiger partial charge is 0.307 e. The maximum absolute atomic E-state index is 13.7. The molecule has 0 radical (unpaired) electrons. The number of benzene rings is 2. The minimum Gasteiger partial charge on any atom is -0.469 e. The van der Waals surface area contributed by atoms with Crippen LogP contribution in [0.3, 0.4) is 0 Å². The summed E-state index contributed by atoms with van der Waals surface area (Å²) in [6, 6.07) is 14.0. The van der Waals surface area contributed by atoms with Crippen LogP contribution in [0.2, 0.25) is 0 Å². The van der Waals surface area contributed by atoms with Crippen molar-refractivity contribution in [3.63, 3.8) is 0 Å². The zero-order chi connectivity index (χ0) is 23.4. The fraction of sp³-hybridized carbons (Fsp3) is 0.440. The van der Waals surface area contributed by atoms with Gasteiger partial charge in [0.05, 0.1) is 25.3 Å². The molecule has 0 amide bonds. The molecule has 0 saturated carbocycles. The average Bonchev–Trinajstić information content (AvgIpc) is 2.83. The number of esters is 1. The number of halogens is 1. The normalized spacial score (nSPS) is 18.8. The van der Waals surface area contributed by atoms with Gasteiger partial charge >= 0.3 is 5.97 Å². The fourth-order valence-corrected chi connectivity index (χ4v) is 4.39. The molecule has 2 aromatic rings. The van der Waals surface area contributed by atoms with Crippen LogP contribution in [0.25, 0.3) is 0 Å². The standard InChI is InChI=1S/C25H32FN5O2/c1-28(2)12-13-29-14-16-30(17-15-29)25-27-22-7-5-4-6-21(22)23(18-24(32)33-3)31(25)20-10-8-19(26)9-11-20/h4-11,23H,12-18H2,1-3H3. The van der Waals surface area contributed by atoms with Crippen LogP contribution in [0.1, 0.15) is 18.0 Å². The Bertz CT molecular complexity index is 987. The third-order valence-electron chi connectivity index (χ3n) is 6.25. The van der Waals surface area contributed by atoms with Crippen LogP contribution in [-0.4, -0.2) is 87.1 Å². The van der Waals surface area contributed by atoms with Gasteiger partial charge in [0, 0.05) is 50.5 Å². The summed E-state index contributed by atoms with van der Waals surface area (Å²) in [6.07, 6.45) is 0.173. The van der Waals surface area contributed by atoms with Crippen molar-refractivity contribution >= 4 is 23.3 Å². The van der Waals surface area contributed by atoms with Crippen LogP contribution in [0.15, 0.2) is 53.5 Å². The molecule has 1 atom stereocenters. The van der Waals surface area contributed by atoms with E-state index in [0.717, 1.165) is 62.2 Å². The molecular formula is C25H32FN5O2. The maximum atomic E-state index is 13.7. The Morgan fingerprint density at radius 1 is 1.09 bits per heavy atom. The van der Waals surface area contributed by atoms with Gasteiger partial charge in [0.2, 0.25) is 5.96 Å². The molecule has 176 valence electrons. The van der Waals surface area contributed by atoms with Gasteiger partial charge in [0.15, 0.2) is 0 Å². The Balaban J connectivity index is 1.68. The van der Waals surface area contributed by atoms with E-state index in [-0.39, 0.29) is 24.2 Å². The van der Waals surface area contributed by atoms with Crippen molar-refractivity contribution in [1.82, 2.24) is 14.7 Å². The van der Waals surface area contributed by atoms with E-state index in [9.17, 15) is 9.18 Å². The number of rotatable bonds is 6. The molecular weight excluding hydrogens is 421 g/mol. The molecule has 4 rings (SSSR count). The lowest BCUT2D eigenvalue weighted by Crippen LogP contribution is -2.55. The third-order valence-corrected chi connectivity index (χ3v) is 6.25. The molecule has 0 N–H and O–H groups in total. The van der Waals surface area contributed by atoms with E-state index in [1.165, 1.54) is 19.2 Å². The molecule has 2 aromatic carbocycles. The Morgan fingerprint density at radius 2 is 1.79 bits per heavy atom. The van der Waals surface area contributed by atoms with E-state index in [4.69, 9.17) is 9.73 Å². The first kappa shape index (κ1) is 23.2. The van der Waals surface area contributed by atoms with Gasteiger partial charge in [-0.05, 0) is 44.4 Å². The Kier molecular flexibility index (Phi) is 7.25. The van der Waals surface area contributed by atoms with Gasteiger partial charge in [-0.15, -0.1) is 0 Å². The molecule has 1 unspecified atom stereocenters. The number of likely N-dealkylation sites (N-methyl/N-ethyl adjacent to an activating group) is 1. The molecule has 2 heterocycles. The van der Waals surface area contributed by atoms with E-state index in [2.05, 4.69) is 33.7 Å². The molecule has 0 aromatic heterocycles. The molecule has 0 bridgehead atoms. The van der Waals surface area contributed by atoms with Gasteiger partial charge in [-0.25, -0.2) is 9.38 Å². The largest absolute Gasteiger partial charge is 0.469 e. The van der Waals surface area contributed by atoms with E-state index < -0.39 is 0 Å².